The first-order valence-electron chi connectivity index (χ1n) is 5.59. The van der Waals surface area contributed by atoms with Gasteiger partial charge in [-0.2, -0.15) is 0 Å². The highest BCUT2D eigenvalue weighted by Crippen LogP contribution is 2.27. The van der Waals surface area contributed by atoms with Gasteiger partial charge in [0.1, 0.15) is 5.76 Å². The van der Waals surface area contributed by atoms with E-state index >= 15 is 0 Å². The fraction of sp³-hybridized carbons (Fsp3) is 0.750. The van der Waals surface area contributed by atoms with Crippen molar-refractivity contribution in [1.82, 2.24) is 4.98 Å². The Labute approximate surface area is 86.7 Å². The van der Waals surface area contributed by atoms with Crippen molar-refractivity contribution in [3.8, 4) is 0 Å². The highest BCUT2D eigenvalue weighted by atomic mass is 16.4. The van der Waals surface area contributed by atoms with Crippen LogP contribution in [-0.2, 0) is 0 Å². The Morgan fingerprint density at radius 2 is 2.07 bits per heavy atom. The molecule has 1 heterocycles. The molecule has 2 nitrogen and oxygen atoms in total. The van der Waals surface area contributed by atoms with Crippen LogP contribution in [0.25, 0.3) is 0 Å². The predicted octanol–water partition coefficient (Wildman–Crippen LogP) is 3.91. The quantitative estimate of drug-likeness (QED) is 0.712. The lowest BCUT2D eigenvalue weighted by Gasteiger charge is -2.15. The number of hydrogen-bond acceptors (Lipinski definition) is 2. The summed E-state index contributed by atoms with van der Waals surface area (Å²) in [5.74, 6) is 3.10. The minimum atomic E-state index is 0.499. The molecule has 2 heteroatoms. The predicted molar refractivity (Wildman–Crippen MR) is 58.3 cm³/mol. The van der Waals surface area contributed by atoms with Crippen molar-refractivity contribution in [3.05, 3.63) is 17.8 Å². The summed E-state index contributed by atoms with van der Waals surface area (Å²) in [5.41, 5.74) is 0. The van der Waals surface area contributed by atoms with Gasteiger partial charge in [0.15, 0.2) is 5.89 Å². The zero-order valence-electron chi connectivity index (χ0n) is 9.71. The zero-order chi connectivity index (χ0) is 10.6. The smallest absolute Gasteiger partial charge is 0.197 e. The summed E-state index contributed by atoms with van der Waals surface area (Å²) in [7, 11) is 0. The highest BCUT2D eigenvalue weighted by Gasteiger charge is 2.17. The van der Waals surface area contributed by atoms with E-state index in [9.17, 15) is 0 Å². The fourth-order valence-electron chi connectivity index (χ4n) is 1.66. The van der Waals surface area contributed by atoms with E-state index in [1.165, 1.54) is 12.8 Å². The first kappa shape index (κ1) is 11.3. The molecular weight excluding hydrogens is 174 g/mol. The van der Waals surface area contributed by atoms with Crippen LogP contribution in [0, 0.1) is 12.8 Å². The third-order valence-electron chi connectivity index (χ3n) is 2.87. The van der Waals surface area contributed by atoms with Crippen LogP contribution in [0.2, 0.25) is 0 Å². The van der Waals surface area contributed by atoms with Crippen molar-refractivity contribution in [1.29, 1.82) is 0 Å². The number of aryl methyl sites for hydroxylation is 1. The van der Waals surface area contributed by atoms with Crippen molar-refractivity contribution >= 4 is 0 Å². The molecule has 0 amide bonds. The van der Waals surface area contributed by atoms with Crippen LogP contribution in [0.4, 0.5) is 0 Å². The van der Waals surface area contributed by atoms with Crippen LogP contribution in [0.3, 0.4) is 0 Å². The van der Waals surface area contributed by atoms with E-state index in [1.807, 2.05) is 13.1 Å². The number of hydrogen-bond donors (Lipinski definition) is 0. The summed E-state index contributed by atoms with van der Waals surface area (Å²) in [6, 6.07) is 0. The molecule has 14 heavy (non-hydrogen) atoms. The molecule has 0 aliphatic carbocycles. The number of nitrogens with zero attached hydrogens (tertiary/aromatic N) is 1. The van der Waals surface area contributed by atoms with E-state index in [1.54, 1.807) is 0 Å². The van der Waals surface area contributed by atoms with Crippen molar-refractivity contribution in [3.63, 3.8) is 0 Å². The Bertz CT molecular complexity index is 267. The van der Waals surface area contributed by atoms with Crippen LogP contribution in [-0.4, -0.2) is 4.98 Å². The molecule has 0 aliphatic heterocycles. The maximum Gasteiger partial charge on any atom is 0.197 e. The second kappa shape index (κ2) is 5.18. The molecule has 2 atom stereocenters. The molecule has 1 rings (SSSR count). The first-order chi connectivity index (χ1) is 6.67. The average molecular weight is 195 g/mol. The molecule has 0 aromatic carbocycles. The lowest BCUT2D eigenvalue weighted by Crippen LogP contribution is -2.04. The van der Waals surface area contributed by atoms with Gasteiger partial charge >= 0.3 is 0 Å². The van der Waals surface area contributed by atoms with Crippen molar-refractivity contribution in [2.24, 2.45) is 5.92 Å². The third kappa shape index (κ3) is 2.86. The van der Waals surface area contributed by atoms with Crippen LogP contribution >= 0.6 is 0 Å². The number of aromatic nitrogens is 1. The second-order valence-corrected chi connectivity index (χ2v) is 4.16. The second-order valence-electron chi connectivity index (χ2n) is 4.16. The standard InChI is InChI=1S/C12H21NO/c1-5-9(3)7-11(6-2)12-13-8-10(4)14-12/h8-9,11H,5-7H2,1-4H3. The Hall–Kier alpha value is -0.790. The number of oxazole rings is 1. The van der Waals surface area contributed by atoms with E-state index in [0.29, 0.717) is 5.92 Å². The summed E-state index contributed by atoms with van der Waals surface area (Å²) in [5, 5.41) is 0. The van der Waals surface area contributed by atoms with Gasteiger partial charge in [-0.25, -0.2) is 4.98 Å². The van der Waals surface area contributed by atoms with Crippen molar-refractivity contribution < 1.29 is 4.42 Å². The van der Waals surface area contributed by atoms with Gasteiger partial charge in [0, 0.05) is 5.92 Å². The van der Waals surface area contributed by atoms with E-state index in [4.69, 9.17) is 4.42 Å². The van der Waals surface area contributed by atoms with E-state index in [2.05, 4.69) is 25.8 Å². The Kier molecular flexibility index (Phi) is 4.18. The molecule has 0 radical (unpaired) electrons. The topological polar surface area (TPSA) is 26.0 Å². The minimum absolute atomic E-state index is 0.499. The van der Waals surface area contributed by atoms with Gasteiger partial charge in [-0.15, -0.1) is 0 Å². The molecule has 2 unspecified atom stereocenters. The molecule has 0 fully saturated rings. The van der Waals surface area contributed by atoms with Gasteiger partial charge in [-0.3, -0.25) is 0 Å². The molecule has 0 spiro atoms. The molecule has 0 bridgehead atoms. The minimum Gasteiger partial charge on any atom is -0.446 e. The lowest BCUT2D eigenvalue weighted by molar-refractivity contribution is 0.366. The largest absolute Gasteiger partial charge is 0.446 e. The van der Waals surface area contributed by atoms with Crippen molar-refractivity contribution in [2.45, 2.75) is 52.9 Å². The summed E-state index contributed by atoms with van der Waals surface area (Å²) in [6.07, 6.45) is 5.35. The van der Waals surface area contributed by atoms with Crippen LogP contribution in [0.5, 0.6) is 0 Å². The molecule has 0 saturated heterocycles. The Morgan fingerprint density at radius 3 is 2.50 bits per heavy atom. The van der Waals surface area contributed by atoms with E-state index in [-0.39, 0.29) is 0 Å². The van der Waals surface area contributed by atoms with E-state index < -0.39 is 0 Å². The van der Waals surface area contributed by atoms with Crippen molar-refractivity contribution in [2.75, 3.05) is 0 Å². The highest BCUT2D eigenvalue weighted by molar-refractivity contribution is 4.97. The molecule has 80 valence electrons. The zero-order valence-corrected chi connectivity index (χ0v) is 9.71. The van der Waals surface area contributed by atoms with E-state index in [0.717, 1.165) is 24.0 Å². The molecule has 0 aliphatic rings. The molecule has 0 saturated carbocycles. The fourth-order valence-corrected chi connectivity index (χ4v) is 1.66. The SMILES string of the molecule is CCC(C)CC(CC)c1ncc(C)o1. The maximum absolute atomic E-state index is 5.57. The normalized spacial score (nSPS) is 15.4. The lowest BCUT2D eigenvalue weighted by atomic mass is 9.92. The van der Waals surface area contributed by atoms with Gasteiger partial charge in [-0.05, 0) is 25.7 Å². The summed E-state index contributed by atoms with van der Waals surface area (Å²) in [6.45, 7) is 8.68. The Morgan fingerprint density at radius 1 is 1.36 bits per heavy atom. The molecule has 0 N–H and O–H groups in total. The first-order valence-corrected chi connectivity index (χ1v) is 5.59. The van der Waals surface area contributed by atoms with Crippen LogP contribution < -0.4 is 0 Å². The molecular formula is C12H21NO. The summed E-state index contributed by atoms with van der Waals surface area (Å²) < 4.78 is 5.57. The number of rotatable bonds is 5. The Balaban J connectivity index is 2.62. The van der Waals surface area contributed by atoms with Gasteiger partial charge in [0.25, 0.3) is 0 Å². The van der Waals surface area contributed by atoms with Gasteiger partial charge in [0.2, 0.25) is 0 Å². The summed E-state index contributed by atoms with van der Waals surface area (Å²) in [4.78, 5) is 4.31. The maximum atomic E-state index is 5.57. The third-order valence-corrected chi connectivity index (χ3v) is 2.87. The van der Waals surface area contributed by atoms with Crippen LogP contribution in [0.1, 0.15) is 57.6 Å². The molecule has 1 aromatic heterocycles. The monoisotopic (exact) mass is 195 g/mol. The van der Waals surface area contributed by atoms with Gasteiger partial charge in [0.05, 0.1) is 6.20 Å². The van der Waals surface area contributed by atoms with Crippen LogP contribution in [0.15, 0.2) is 10.6 Å². The van der Waals surface area contributed by atoms with Gasteiger partial charge in [-0.1, -0.05) is 27.2 Å². The van der Waals surface area contributed by atoms with Gasteiger partial charge < -0.3 is 4.42 Å². The average Bonchev–Trinajstić information content (AvgIpc) is 2.60. The molecule has 1 aromatic rings. The summed E-state index contributed by atoms with van der Waals surface area (Å²) >= 11 is 0.